The summed E-state index contributed by atoms with van der Waals surface area (Å²) in [6.45, 7) is 8.18. The van der Waals surface area contributed by atoms with Gasteiger partial charge in [0, 0.05) is 13.1 Å². The average Bonchev–Trinajstić information content (AvgIpc) is 3.18. The van der Waals surface area contributed by atoms with Crippen molar-refractivity contribution in [2.45, 2.75) is 39.9 Å². The van der Waals surface area contributed by atoms with E-state index in [0.717, 1.165) is 18.7 Å². The quantitative estimate of drug-likeness (QED) is 0.711. The van der Waals surface area contributed by atoms with Crippen LogP contribution < -0.4 is 10.6 Å². The molecule has 1 atom stereocenters. The summed E-state index contributed by atoms with van der Waals surface area (Å²) < 4.78 is 5.09. The third-order valence-corrected chi connectivity index (χ3v) is 4.43. The maximum atomic E-state index is 12.6. The van der Waals surface area contributed by atoms with Crippen LogP contribution in [0.25, 0.3) is 0 Å². The SMILES string of the molecule is CCN(C)Cc1cccc(CNC(=O)[C@@H](NC(=O)c2ccco2)C(C)C)c1. The molecule has 0 saturated heterocycles. The number of hydrogen-bond donors (Lipinski definition) is 2. The first-order chi connectivity index (χ1) is 12.9. The van der Waals surface area contributed by atoms with Crippen molar-refractivity contribution in [3.8, 4) is 0 Å². The Morgan fingerprint density at radius 1 is 1.15 bits per heavy atom. The van der Waals surface area contributed by atoms with Crippen molar-refractivity contribution in [3.05, 3.63) is 59.5 Å². The molecule has 0 unspecified atom stereocenters. The van der Waals surface area contributed by atoms with Crippen molar-refractivity contribution in [1.29, 1.82) is 0 Å². The van der Waals surface area contributed by atoms with E-state index in [1.165, 1.54) is 11.8 Å². The van der Waals surface area contributed by atoms with Gasteiger partial charge in [-0.1, -0.05) is 45.0 Å². The van der Waals surface area contributed by atoms with Crippen molar-refractivity contribution < 1.29 is 14.0 Å². The molecule has 0 fully saturated rings. The number of benzene rings is 1. The van der Waals surface area contributed by atoms with Crippen molar-refractivity contribution in [2.24, 2.45) is 5.92 Å². The predicted octanol–water partition coefficient (Wildman–Crippen LogP) is 2.80. The molecule has 0 spiro atoms. The van der Waals surface area contributed by atoms with Gasteiger partial charge in [0.1, 0.15) is 6.04 Å². The second kappa shape index (κ2) is 9.92. The van der Waals surface area contributed by atoms with Gasteiger partial charge in [-0.2, -0.15) is 0 Å². The Morgan fingerprint density at radius 3 is 2.52 bits per heavy atom. The average molecular weight is 371 g/mol. The van der Waals surface area contributed by atoms with Gasteiger partial charge in [-0.25, -0.2) is 0 Å². The molecule has 0 bridgehead atoms. The van der Waals surface area contributed by atoms with Gasteiger partial charge in [0.15, 0.2) is 5.76 Å². The van der Waals surface area contributed by atoms with E-state index in [1.54, 1.807) is 12.1 Å². The summed E-state index contributed by atoms with van der Waals surface area (Å²) in [5.74, 6) is -0.450. The van der Waals surface area contributed by atoms with E-state index < -0.39 is 11.9 Å². The molecule has 1 aromatic heterocycles. The highest BCUT2D eigenvalue weighted by molar-refractivity contribution is 5.95. The van der Waals surface area contributed by atoms with Crippen LogP contribution in [0.5, 0.6) is 0 Å². The summed E-state index contributed by atoms with van der Waals surface area (Å²) in [5.41, 5.74) is 2.24. The molecule has 1 heterocycles. The lowest BCUT2D eigenvalue weighted by molar-refractivity contribution is -0.124. The summed E-state index contributed by atoms with van der Waals surface area (Å²) in [5, 5.41) is 5.68. The Morgan fingerprint density at radius 2 is 1.89 bits per heavy atom. The third-order valence-electron chi connectivity index (χ3n) is 4.43. The zero-order chi connectivity index (χ0) is 19.8. The Labute approximate surface area is 160 Å². The zero-order valence-electron chi connectivity index (χ0n) is 16.5. The second-order valence-electron chi connectivity index (χ2n) is 7.04. The molecule has 0 radical (unpaired) electrons. The van der Waals surface area contributed by atoms with Crippen LogP contribution in [-0.4, -0.2) is 36.3 Å². The first-order valence-electron chi connectivity index (χ1n) is 9.29. The standard InChI is InChI=1S/C21H29N3O3/c1-5-24(4)14-17-9-6-8-16(12-17)13-22-21(26)19(15(2)3)23-20(25)18-10-7-11-27-18/h6-12,15,19H,5,13-14H2,1-4H3,(H,22,26)(H,23,25)/t19-/m0/s1. The molecular weight excluding hydrogens is 342 g/mol. The second-order valence-corrected chi connectivity index (χ2v) is 7.04. The van der Waals surface area contributed by atoms with Crippen LogP contribution in [0.15, 0.2) is 47.1 Å². The summed E-state index contributed by atoms with van der Waals surface area (Å²) in [6.07, 6.45) is 1.43. The predicted molar refractivity (Wildman–Crippen MR) is 105 cm³/mol. The van der Waals surface area contributed by atoms with Crippen LogP contribution in [-0.2, 0) is 17.9 Å². The molecule has 146 valence electrons. The number of carbonyl (C=O) groups excluding carboxylic acids is 2. The first-order valence-corrected chi connectivity index (χ1v) is 9.29. The molecule has 6 heteroatoms. The highest BCUT2D eigenvalue weighted by Crippen LogP contribution is 2.09. The molecule has 0 saturated carbocycles. The number of carbonyl (C=O) groups is 2. The van der Waals surface area contributed by atoms with Crippen LogP contribution in [0.1, 0.15) is 42.5 Å². The molecule has 6 nitrogen and oxygen atoms in total. The lowest BCUT2D eigenvalue weighted by Crippen LogP contribution is -2.49. The Bertz CT molecular complexity index is 741. The van der Waals surface area contributed by atoms with Gasteiger partial charge >= 0.3 is 0 Å². The lowest BCUT2D eigenvalue weighted by Gasteiger charge is -2.21. The van der Waals surface area contributed by atoms with Gasteiger partial charge in [0.2, 0.25) is 5.91 Å². The Kier molecular flexibility index (Phi) is 7.61. The maximum absolute atomic E-state index is 12.6. The lowest BCUT2D eigenvalue weighted by atomic mass is 10.0. The summed E-state index contributed by atoms with van der Waals surface area (Å²) in [4.78, 5) is 27.0. The molecule has 0 aliphatic rings. The number of furan rings is 1. The van der Waals surface area contributed by atoms with E-state index >= 15 is 0 Å². The van der Waals surface area contributed by atoms with Crippen molar-refractivity contribution in [2.75, 3.05) is 13.6 Å². The molecule has 0 aliphatic carbocycles. The highest BCUT2D eigenvalue weighted by atomic mass is 16.3. The number of nitrogens with one attached hydrogen (secondary N) is 2. The van der Waals surface area contributed by atoms with Crippen LogP contribution in [0.4, 0.5) is 0 Å². The van der Waals surface area contributed by atoms with Gasteiger partial charge in [0.25, 0.3) is 5.91 Å². The van der Waals surface area contributed by atoms with Gasteiger partial charge in [-0.15, -0.1) is 0 Å². The Balaban J connectivity index is 1.95. The molecule has 2 aromatic rings. The molecule has 1 aromatic carbocycles. The normalized spacial score (nSPS) is 12.2. The smallest absolute Gasteiger partial charge is 0.287 e. The van der Waals surface area contributed by atoms with Crippen LogP contribution in [0.3, 0.4) is 0 Å². The molecule has 2 rings (SSSR count). The van der Waals surface area contributed by atoms with E-state index in [1.807, 2.05) is 26.0 Å². The minimum Gasteiger partial charge on any atom is -0.459 e. The summed E-state index contributed by atoms with van der Waals surface area (Å²) in [7, 11) is 2.07. The van der Waals surface area contributed by atoms with E-state index in [-0.39, 0.29) is 17.6 Å². The van der Waals surface area contributed by atoms with Crippen LogP contribution in [0, 0.1) is 5.92 Å². The molecule has 2 N–H and O–H groups in total. The third kappa shape index (κ3) is 6.25. The van der Waals surface area contributed by atoms with E-state index in [2.05, 4.69) is 41.6 Å². The largest absolute Gasteiger partial charge is 0.459 e. The molecular formula is C21H29N3O3. The number of rotatable bonds is 9. The molecule has 2 amide bonds. The first kappa shape index (κ1) is 20.7. The van der Waals surface area contributed by atoms with E-state index in [0.29, 0.717) is 6.54 Å². The minimum absolute atomic E-state index is 0.0477. The minimum atomic E-state index is -0.628. The molecule has 27 heavy (non-hydrogen) atoms. The van der Waals surface area contributed by atoms with Crippen LogP contribution in [0.2, 0.25) is 0 Å². The van der Waals surface area contributed by atoms with Crippen LogP contribution >= 0.6 is 0 Å². The fraction of sp³-hybridized carbons (Fsp3) is 0.429. The van der Waals surface area contributed by atoms with Gasteiger partial charge in [-0.3, -0.25) is 9.59 Å². The summed E-state index contributed by atoms with van der Waals surface area (Å²) >= 11 is 0. The number of amides is 2. The van der Waals surface area contributed by atoms with Gasteiger partial charge < -0.3 is 20.0 Å². The zero-order valence-corrected chi connectivity index (χ0v) is 16.5. The van der Waals surface area contributed by atoms with Crippen molar-refractivity contribution >= 4 is 11.8 Å². The van der Waals surface area contributed by atoms with Gasteiger partial charge in [-0.05, 0) is 42.8 Å². The molecule has 0 aliphatic heterocycles. The van der Waals surface area contributed by atoms with E-state index in [4.69, 9.17) is 4.42 Å². The number of nitrogens with zero attached hydrogens (tertiary/aromatic N) is 1. The van der Waals surface area contributed by atoms with E-state index in [9.17, 15) is 9.59 Å². The maximum Gasteiger partial charge on any atom is 0.287 e. The fourth-order valence-electron chi connectivity index (χ4n) is 2.72. The van der Waals surface area contributed by atoms with Crippen molar-refractivity contribution in [3.63, 3.8) is 0 Å². The van der Waals surface area contributed by atoms with Crippen molar-refractivity contribution in [1.82, 2.24) is 15.5 Å². The highest BCUT2D eigenvalue weighted by Gasteiger charge is 2.25. The topological polar surface area (TPSA) is 74.6 Å². The number of hydrogen-bond acceptors (Lipinski definition) is 4. The fourth-order valence-corrected chi connectivity index (χ4v) is 2.72. The van der Waals surface area contributed by atoms with Gasteiger partial charge in [0.05, 0.1) is 6.26 Å². The monoisotopic (exact) mass is 371 g/mol. The Hall–Kier alpha value is -2.60. The summed E-state index contributed by atoms with van der Waals surface area (Å²) in [6, 6.07) is 10.7.